The molecule has 0 heterocycles. The first-order chi connectivity index (χ1) is 6.56. The third-order valence-electron chi connectivity index (χ3n) is 1.98. The molecular weight excluding hydrogens is 246 g/mol. The number of ether oxygens (including phenoxy) is 1. The zero-order chi connectivity index (χ0) is 10.7. The first-order valence-electron chi connectivity index (χ1n) is 4.14. The molecule has 0 saturated carbocycles. The van der Waals surface area contributed by atoms with Gasteiger partial charge in [0.15, 0.2) is 0 Å². The third-order valence-corrected chi connectivity index (χ3v) is 2.47. The summed E-state index contributed by atoms with van der Waals surface area (Å²) in [7, 11) is 3.30. The molecule has 4 heteroatoms. The van der Waals surface area contributed by atoms with Crippen molar-refractivity contribution in [2.75, 3.05) is 19.1 Å². The lowest BCUT2D eigenvalue weighted by atomic mass is 10.2. The van der Waals surface area contributed by atoms with Crippen LogP contribution >= 0.6 is 15.9 Å². The fourth-order valence-electron chi connectivity index (χ4n) is 1.10. The molecule has 0 radical (unpaired) electrons. The fraction of sp³-hybridized carbons (Fsp3) is 0.300. The predicted molar refractivity (Wildman–Crippen MR) is 59.8 cm³/mol. The molecule has 0 bridgehead atoms. The highest BCUT2D eigenvalue weighted by atomic mass is 79.9. The van der Waals surface area contributed by atoms with E-state index in [0.29, 0.717) is 5.75 Å². The minimum absolute atomic E-state index is 0.0226. The van der Waals surface area contributed by atoms with Crippen LogP contribution in [0.1, 0.15) is 6.92 Å². The number of methoxy groups -OCH3 is 1. The van der Waals surface area contributed by atoms with Crippen LogP contribution in [0.25, 0.3) is 0 Å². The number of nitrogens with zero attached hydrogens (tertiary/aromatic N) is 1. The van der Waals surface area contributed by atoms with Crippen molar-refractivity contribution in [1.82, 2.24) is 0 Å². The monoisotopic (exact) mass is 257 g/mol. The summed E-state index contributed by atoms with van der Waals surface area (Å²) in [4.78, 5) is 12.7. The van der Waals surface area contributed by atoms with Crippen molar-refractivity contribution < 1.29 is 9.53 Å². The maximum absolute atomic E-state index is 11.2. The third kappa shape index (κ3) is 2.26. The zero-order valence-electron chi connectivity index (χ0n) is 8.37. The van der Waals surface area contributed by atoms with Crippen LogP contribution in [0.5, 0.6) is 5.75 Å². The second-order valence-corrected chi connectivity index (χ2v) is 3.81. The van der Waals surface area contributed by atoms with E-state index in [0.717, 1.165) is 10.2 Å². The summed E-state index contributed by atoms with van der Waals surface area (Å²) in [5.74, 6) is 0.655. The Hall–Kier alpha value is -1.03. The topological polar surface area (TPSA) is 29.5 Å². The molecule has 1 aromatic carbocycles. The summed E-state index contributed by atoms with van der Waals surface area (Å²) in [5, 5.41) is 0. The van der Waals surface area contributed by atoms with Crippen molar-refractivity contribution in [1.29, 1.82) is 0 Å². The Kier molecular flexibility index (Phi) is 3.52. The van der Waals surface area contributed by atoms with Crippen LogP contribution in [-0.4, -0.2) is 20.1 Å². The Morgan fingerprint density at radius 2 is 2.14 bits per heavy atom. The average molecular weight is 258 g/mol. The number of carbonyl (C=O) groups is 1. The van der Waals surface area contributed by atoms with Crippen LogP contribution in [0, 0.1) is 0 Å². The highest BCUT2D eigenvalue weighted by Crippen LogP contribution is 2.30. The summed E-state index contributed by atoms with van der Waals surface area (Å²) in [6, 6.07) is 5.54. The van der Waals surface area contributed by atoms with Gasteiger partial charge in [-0.1, -0.05) is 15.9 Å². The Bertz CT molecular complexity index is 352. The maximum atomic E-state index is 11.2. The number of rotatable bonds is 2. The molecule has 0 aromatic heterocycles. The van der Waals surface area contributed by atoms with E-state index in [9.17, 15) is 4.79 Å². The van der Waals surface area contributed by atoms with E-state index in [1.807, 2.05) is 18.2 Å². The second-order valence-electron chi connectivity index (χ2n) is 2.89. The summed E-state index contributed by atoms with van der Waals surface area (Å²) < 4.78 is 6.10. The van der Waals surface area contributed by atoms with Gasteiger partial charge in [0.05, 0.1) is 12.8 Å². The van der Waals surface area contributed by atoms with Gasteiger partial charge < -0.3 is 9.64 Å². The molecule has 0 aliphatic rings. The number of amides is 1. The Morgan fingerprint density at radius 1 is 1.50 bits per heavy atom. The molecule has 0 atom stereocenters. The first kappa shape index (κ1) is 11.0. The van der Waals surface area contributed by atoms with E-state index in [1.165, 1.54) is 6.92 Å². The largest absolute Gasteiger partial charge is 0.495 e. The lowest BCUT2D eigenvalue weighted by Crippen LogP contribution is -2.23. The van der Waals surface area contributed by atoms with E-state index >= 15 is 0 Å². The first-order valence-corrected chi connectivity index (χ1v) is 4.93. The van der Waals surface area contributed by atoms with Crippen molar-refractivity contribution in [2.45, 2.75) is 6.92 Å². The molecule has 1 rings (SSSR count). The van der Waals surface area contributed by atoms with Gasteiger partial charge in [-0.3, -0.25) is 4.79 Å². The van der Waals surface area contributed by atoms with Crippen LogP contribution < -0.4 is 9.64 Å². The van der Waals surface area contributed by atoms with Crippen molar-refractivity contribution in [3.8, 4) is 5.75 Å². The van der Waals surface area contributed by atoms with Gasteiger partial charge in [-0.2, -0.15) is 0 Å². The van der Waals surface area contributed by atoms with E-state index < -0.39 is 0 Å². The van der Waals surface area contributed by atoms with Crippen LogP contribution in [0.4, 0.5) is 5.69 Å². The molecule has 0 saturated heterocycles. The van der Waals surface area contributed by atoms with Gasteiger partial charge in [-0.15, -0.1) is 0 Å². The highest BCUT2D eigenvalue weighted by Gasteiger charge is 2.11. The second kappa shape index (κ2) is 4.46. The van der Waals surface area contributed by atoms with Crippen molar-refractivity contribution in [2.24, 2.45) is 0 Å². The predicted octanol–water partition coefficient (Wildman–Crippen LogP) is 2.44. The Morgan fingerprint density at radius 3 is 2.64 bits per heavy atom. The maximum Gasteiger partial charge on any atom is 0.223 e. The van der Waals surface area contributed by atoms with E-state index in [-0.39, 0.29) is 5.91 Å². The smallest absolute Gasteiger partial charge is 0.223 e. The minimum atomic E-state index is -0.0226. The number of benzene rings is 1. The fourth-order valence-corrected chi connectivity index (χ4v) is 1.44. The molecule has 0 N–H and O–H groups in total. The van der Waals surface area contributed by atoms with Crippen LogP contribution in [-0.2, 0) is 4.79 Å². The lowest BCUT2D eigenvalue weighted by Gasteiger charge is -2.18. The van der Waals surface area contributed by atoms with Gasteiger partial charge in [0, 0.05) is 18.4 Å². The van der Waals surface area contributed by atoms with E-state index in [2.05, 4.69) is 15.9 Å². The standard InChI is InChI=1S/C10H12BrNO2/c1-7(13)12(2)9-5-4-8(11)6-10(9)14-3/h4-6H,1-3H3. The summed E-state index contributed by atoms with van der Waals surface area (Å²) >= 11 is 3.34. The van der Waals surface area contributed by atoms with Crippen molar-refractivity contribution in [3.05, 3.63) is 22.7 Å². The van der Waals surface area contributed by atoms with Gasteiger partial charge in [0.2, 0.25) is 5.91 Å². The van der Waals surface area contributed by atoms with Gasteiger partial charge in [0.25, 0.3) is 0 Å². The zero-order valence-corrected chi connectivity index (χ0v) is 9.96. The number of hydrogen-bond acceptors (Lipinski definition) is 2. The normalized spacial score (nSPS) is 9.71. The molecular formula is C10H12BrNO2. The summed E-state index contributed by atoms with van der Waals surface area (Å²) in [6.45, 7) is 1.52. The quantitative estimate of drug-likeness (QED) is 0.815. The molecule has 1 aromatic rings. The number of hydrogen-bond donors (Lipinski definition) is 0. The molecule has 0 aliphatic carbocycles. The SMILES string of the molecule is COc1cc(Br)ccc1N(C)C(C)=O. The van der Waals surface area contributed by atoms with Gasteiger partial charge in [0.1, 0.15) is 5.75 Å². The van der Waals surface area contributed by atoms with Crippen molar-refractivity contribution in [3.63, 3.8) is 0 Å². The number of halogens is 1. The molecule has 76 valence electrons. The van der Waals surface area contributed by atoms with Crippen molar-refractivity contribution >= 4 is 27.5 Å². The summed E-state index contributed by atoms with van der Waals surface area (Å²) in [5.41, 5.74) is 0.767. The van der Waals surface area contributed by atoms with E-state index in [1.54, 1.807) is 19.1 Å². The van der Waals surface area contributed by atoms with Crippen LogP contribution in [0.2, 0.25) is 0 Å². The molecule has 1 amide bonds. The minimum Gasteiger partial charge on any atom is -0.495 e. The Balaban J connectivity index is 3.13. The highest BCUT2D eigenvalue weighted by molar-refractivity contribution is 9.10. The van der Waals surface area contributed by atoms with E-state index in [4.69, 9.17) is 4.74 Å². The molecule has 0 spiro atoms. The van der Waals surface area contributed by atoms with Gasteiger partial charge >= 0.3 is 0 Å². The lowest BCUT2D eigenvalue weighted by molar-refractivity contribution is -0.116. The molecule has 3 nitrogen and oxygen atoms in total. The van der Waals surface area contributed by atoms with Crippen LogP contribution in [0.15, 0.2) is 22.7 Å². The molecule has 0 aliphatic heterocycles. The molecule has 0 fully saturated rings. The van der Waals surface area contributed by atoms with Gasteiger partial charge in [-0.25, -0.2) is 0 Å². The van der Waals surface area contributed by atoms with Crippen LogP contribution in [0.3, 0.4) is 0 Å². The average Bonchev–Trinajstić information content (AvgIpc) is 2.16. The van der Waals surface area contributed by atoms with Gasteiger partial charge in [-0.05, 0) is 18.2 Å². The molecule has 14 heavy (non-hydrogen) atoms. The Labute approximate surface area is 91.8 Å². The number of anilines is 1. The molecule has 0 unspecified atom stereocenters. The number of carbonyl (C=O) groups excluding carboxylic acids is 1. The summed E-state index contributed by atoms with van der Waals surface area (Å²) in [6.07, 6.45) is 0.